The van der Waals surface area contributed by atoms with E-state index in [1.54, 1.807) is 4.90 Å². The zero-order valence-corrected chi connectivity index (χ0v) is 13.2. The van der Waals surface area contributed by atoms with Gasteiger partial charge in [0.1, 0.15) is 31.0 Å². The lowest BCUT2D eigenvalue weighted by molar-refractivity contribution is -0.915. The van der Waals surface area contributed by atoms with E-state index in [0.717, 1.165) is 36.9 Å². The Labute approximate surface area is 126 Å². The Morgan fingerprint density at radius 1 is 1.25 bits per heavy atom. The van der Waals surface area contributed by atoms with E-state index in [1.807, 2.05) is 24.3 Å². The van der Waals surface area contributed by atoms with Crippen molar-refractivity contribution in [1.29, 1.82) is 0 Å². The molecule has 1 aromatic carbocycles. The molecule has 0 aliphatic carbocycles. The van der Waals surface area contributed by atoms with Gasteiger partial charge in [-0.25, -0.2) is 0 Å². The van der Waals surface area contributed by atoms with E-state index < -0.39 is 0 Å². The van der Waals surface area contributed by atoms with Gasteiger partial charge >= 0.3 is 0 Å². The highest BCUT2D eigenvalue weighted by Gasteiger charge is 2.24. The first-order valence-electron chi connectivity index (χ1n) is 7.51. The maximum absolute atomic E-state index is 5.92. The van der Waals surface area contributed by atoms with Gasteiger partial charge in [-0.3, -0.25) is 0 Å². The minimum atomic E-state index is 0.386. The first kappa shape index (κ1) is 15.6. The molecule has 1 fully saturated rings. The number of quaternary nitrogens is 1. The van der Waals surface area contributed by atoms with Gasteiger partial charge < -0.3 is 14.4 Å². The van der Waals surface area contributed by atoms with Crippen LogP contribution >= 0.6 is 11.6 Å². The highest BCUT2D eigenvalue weighted by atomic mass is 35.5. The summed E-state index contributed by atoms with van der Waals surface area (Å²) in [6.07, 6.45) is 3.04. The van der Waals surface area contributed by atoms with Gasteiger partial charge in [0.15, 0.2) is 0 Å². The fraction of sp³-hybridized carbons (Fsp3) is 0.625. The largest absolute Gasteiger partial charge is 0.494 e. The van der Waals surface area contributed by atoms with Crippen molar-refractivity contribution in [2.24, 2.45) is 0 Å². The van der Waals surface area contributed by atoms with Gasteiger partial charge in [0.25, 0.3) is 0 Å². The molecule has 1 heterocycles. The summed E-state index contributed by atoms with van der Waals surface area (Å²) < 4.78 is 11.5. The highest BCUT2D eigenvalue weighted by Crippen LogP contribution is 2.17. The van der Waals surface area contributed by atoms with E-state index in [-0.39, 0.29) is 0 Å². The topological polar surface area (TPSA) is 22.9 Å². The van der Waals surface area contributed by atoms with Gasteiger partial charge in [0, 0.05) is 5.02 Å². The maximum atomic E-state index is 5.92. The van der Waals surface area contributed by atoms with Crippen LogP contribution in [0.2, 0.25) is 5.02 Å². The molecule has 1 aliphatic rings. The quantitative estimate of drug-likeness (QED) is 0.814. The van der Waals surface area contributed by atoms with Crippen LogP contribution in [-0.4, -0.2) is 38.4 Å². The summed E-state index contributed by atoms with van der Waals surface area (Å²) in [5.74, 6) is 0.860. The summed E-state index contributed by atoms with van der Waals surface area (Å²) >= 11 is 5.92. The zero-order chi connectivity index (χ0) is 14.4. The van der Waals surface area contributed by atoms with Gasteiger partial charge in [-0.15, -0.1) is 0 Å². The molecule has 2 atom stereocenters. The molecule has 112 valence electrons. The second kappa shape index (κ2) is 7.87. The fourth-order valence-corrected chi connectivity index (χ4v) is 3.00. The molecule has 0 spiro atoms. The summed E-state index contributed by atoms with van der Waals surface area (Å²) in [6.45, 7) is 8.54. The summed E-state index contributed by atoms with van der Waals surface area (Å²) in [4.78, 5) is 1.65. The molecular weight excluding hydrogens is 274 g/mol. The minimum absolute atomic E-state index is 0.386. The average Bonchev–Trinajstić information content (AvgIpc) is 2.37. The molecule has 0 unspecified atom stereocenters. The van der Waals surface area contributed by atoms with Crippen molar-refractivity contribution >= 4 is 11.6 Å². The molecule has 0 aromatic heterocycles. The second-order valence-electron chi connectivity index (χ2n) is 5.68. The van der Waals surface area contributed by atoms with Crippen molar-refractivity contribution in [3.8, 4) is 5.75 Å². The van der Waals surface area contributed by atoms with Crippen LogP contribution in [0.5, 0.6) is 5.75 Å². The molecule has 1 saturated heterocycles. The number of halogens is 1. The van der Waals surface area contributed by atoms with Crippen LogP contribution in [0, 0.1) is 0 Å². The lowest BCUT2D eigenvalue weighted by atomic mass is 10.2. The number of unbranched alkanes of at least 4 members (excludes halogenated alkanes) is 1. The fourth-order valence-electron chi connectivity index (χ4n) is 2.82. The molecule has 3 nitrogen and oxygen atoms in total. The second-order valence-corrected chi connectivity index (χ2v) is 6.11. The summed E-state index contributed by atoms with van der Waals surface area (Å²) in [7, 11) is 0. The zero-order valence-electron chi connectivity index (χ0n) is 12.4. The number of rotatable bonds is 6. The van der Waals surface area contributed by atoms with Gasteiger partial charge in [0.2, 0.25) is 0 Å². The first-order chi connectivity index (χ1) is 9.63. The molecule has 0 radical (unpaired) electrons. The Hall–Kier alpha value is -0.770. The van der Waals surface area contributed by atoms with Gasteiger partial charge in [0.05, 0.1) is 13.2 Å². The molecule has 2 rings (SSSR count). The van der Waals surface area contributed by atoms with E-state index in [1.165, 1.54) is 13.0 Å². The molecule has 0 bridgehead atoms. The number of benzene rings is 1. The van der Waals surface area contributed by atoms with Gasteiger partial charge in [-0.2, -0.15) is 0 Å². The van der Waals surface area contributed by atoms with Crippen LogP contribution in [0.4, 0.5) is 0 Å². The third kappa shape index (κ3) is 5.31. The molecule has 1 N–H and O–H groups in total. The Morgan fingerprint density at radius 3 is 2.70 bits per heavy atom. The van der Waals surface area contributed by atoms with Crippen molar-refractivity contribution in [2.45, 2.75) is 38.9 Å². The number of nitrogens with one attached hydrogen (secondary N) is 1. The predicted octanol–water partition coefficient (Wildman–Crippen LogP) is 2.19. The highest BCUT2D eigenvalue weighted by molar-refractivity contribution is 6.30. The van der Waals surface area contributed by atoms with Crippen LogP contribution in [0.3, 0.4) is 0 Å². The van der Waals surface area contributed by atoms with E-state index >= 15 is 0 Å². The van der Waals surface area contributed by atoms with Crippen LogP contribution in [0.25, 0.3) is 0 Å². The standard InChI is InChI=1S/C16H24ClNO2/c1-13-11-18(12-14(2)20-13)8-3-4-9-19-16-7-5-6-15(17)10-16/h5-7,10,13-14H,3-4,8-9,11-12H2,1-2H3/p+1/t13-,14-/m0/s1. The van der Waals surface area contributed by atoms with Crippen molar-refractivity contribution in [1.82, 2.24) is 0 Å². The molecular formula is C16H25ClNO2+. The van der Waals surface area contributed by atoms with Crippen molar-refractivity contribution < 1.29 is 14.4 Å². The van der Waals surface area contributed by atoms with Crippen LogP contribution in [0.1, 0.15) is 26.7 Å². The normalized spacial score (nSPS) is 26.4. The van der Waals surface area contributed by atoms with Crippen LogP contribution in [-0.2, 0) is 4.74 Å². The van der Waals surface area contributed by atoms with E-state index in [2.05, 4.69) is 13.8 Å². The molecule has 0 saturated carbocycles. The molecule has 0 amide bonds. The van der Waals surface area contributed by atoms with Gasteiger partial charge in [-0.1, -0.05) is 17.7 Å². The van der Waals surface area contributed by atoms with Crippen molar-refractivity contribution in [3.63, 3.8) is 0 Å². The number of ether oxygens (including phenoxy) is 2. The minimum Gasteiger partial charge on any atom is -0.494 e. The Bertz CT molecular complexity index is 403. The molecule has 20 heavy (non-hydrogen) atoms. The number of hydrogen-bond donors (Lipinski definition) is 1. The third-order valence-electron chi connectivity index (χ3n) is 3.61. The Balaban J connectivity index is 1.59. The Morgan fingerprint density at radius 2 is 2.00 bits per heavy atom. The smallest absolute Gasteiger partial charge is 0.120 e. The summed E-state index contributed by atoms with van der Waals surface area (Å²) in [5, 5.41) is 0.725. The van der Waals surface area contributed by atoms with E-state index in [9.17, 15) is 0 Å². The maximum Gasteiger partial charge on any atom is 0.120 e. The first-order valence-corrected chi connectivity index (χ1v) is 7.88. The molecule has 4 heteroatoms. The average molecular weight is 299 g/mol. The SMILES string of the molecule is C[C@H]1C[NH+](CCCCOc2cccc(Cl)c2)C[C@H](C)O1. The predicted molar refractivity (Wildman–Crippen MR) is 81.8 cm³/mol. The summed E-state index contributed by atoms with van der Waals surface area (Å²) in [6, 6.07) is 7.58. The molecule has 1 aliphatic heterocycles. The monoisotopic (exact) mass is 298 g/mol. The van der Waals surface area contributed by atoms with Crippen LogP contribution in [0.15, 0.2) is 24.3 Å². The van der Waals surface area contributed by atoms with Crippen LogP contribution < -0.4 is 9.64 Å². The number of morpholine rings is 1. The van der Waals surface area contributed by atoms with Crippen molar-refractivity contribution in [3.05, 3.63) is 29.3 Å². The van der Waals surface area contributed by atoms with Gasteiger partial charge in [-0.05, 0) is 44.9 Å². The van der Waals surface area contributed by atoms with Crippen molar-refractivity contribution in [2.75, 3.05) is 26.2 Å². The van der Waals surface area contributed by atoms with E-state index in [4.69, 9.17) is 21.1 Å². The Kier molecular flexibility index (Phi) is 6.14. The third-order valence-corrected chi connectivity index (χ3v) is 3.84. The molecule has 1 aromatic rings. The lowest BCUT2D eigenvalue weighted by Gasteiger charge is -2.32. The summed E-state index contributed by atoms with van der Waals surface area (Å²) in [5.41, 5.74) is 0. The number of hydrogen-bond acceptors (Lipinski definition) is 2. The van der Waals surface area contributed by atoms with E-state index in [0.29, 0.717) is 12.2 Å². The lowest BCUT2D eigenvalue weighted by Crippen LogP contribution is -3.15.